The molecule has 0 amide bonds. The van der Waals surface area contributed by atoms with E-state index in [1.807, 2.05) is 13.8 Å². The first-order chi connectivity index (χ1) is 15.1. The largest absolute Gasteiger partial charge is 0.454 e. The van der Waals surface area contributed by atoms with Crippen molar-refractivity contribution in [1.82, 2.24) is 9.29 Å². The summed E-state index contributed by atoms with van der Waals surface area (Å²) in [5.41, 5.74) is 2.94. The zero-order chi connectivity index (χ0) is 23.5. The van der Waals surface area contributed by atoms with Gasteiger partial charge in [0.05, 0.1) is 16.6 Å². The molecule has 1 aromatic heterocycles. The third-order valence-electron chi connectivity index (χ3n) is 5.69. The molecule has 0 aliphatic carbocycles. The van der Waals surface area contributed by atoms with Crippen LogP contribution in [-0.2, 0) is 26.0 Å². The molecule has 0 spiro atoms. The van der Waals surface area contributed by atoms with E-state index in [0.29, 0.717) is 17.7 Å². The van der Waals surface area contributed by atoms with Crippen molar-refractivity contribution in [3.8, 4) is 0 Å². The number of ether oxygens (including phenoxy) is 2. The first-order valence-electron chi connectivity index (χ1n) is 10.7. The number of sulfonamides is 1. The van der Waals surface area contributed by atoms with Crippen LogP contribution in [-0.4, -0.2) is 50.6 Å². The molecule has 3 rings (SSSR count). The standard InChI is InChI=1S/C23H30N2O6S/c1-5-24-32(28,29)19-9-8-15(2)20(12-19)23(27)31-14-22(26)21-11-16(3)25(17(21)4)13-18-7-6-10-30-18/h8-9,11-12,18,24H,5-7,10,13-14H2,1-4H3. The number of aromatic nitrogens is 1. The summed E-state index contributed by atoms with van der Waals surface area (Å²) >= 11 is 0. The average Bonchev–Trinajstić information content (AvgIpc) is 3.35. The number of benzene rings is 1. The highest BCUT2D eigenvalue weighted by Gasteiger charge is 2.23. The fraction of sp³-hybridized carbons (Fsp3) is 0.478. The maximum absolute atomic E-state index is 12.8. The zero-order valence-electron chi connectivity index (χ0n) is 18.9. The molecule has 9 heteroatoms. The van der Waals surface area contributed by atoms with Crippen molar-refractivity contribution in [2.24, 2.45) is 0 Å². The molecule has 1 saturated heterocycles. The molecule has 32 heavy (non-hydrogen) atoms. The normalized spacial score (nSPS) is 16.3. The van der Waals surface area contributed by atoms with E-state index in [-0.39, 0.29) is 28.9 Å². The number of nitrogens with zero attached hydrogens (tertiary/aromatic N) is 1. The molecule has 1 N–H and O–H groups in total. The Hall–Kier alpha value is -2.49. The van der Waals surface area contributed by atoms with E-state index >= 15 is 0 Å². The minimum Gasteiger partial charge on any atom is -0.454 e. The first kappa shape index (κ1) is 24.2. The molecular formula is C23H30N2O6S. The third-order valence-corrected chi connectivity index (χ3v) is 7.24. The molecule has 2 aromatic rings. The van der Waals surface area contributed by atoms with Crippen molar-refractivity contribution in [2.45, 2.75) is 58.1 Å². The van der Waals surface area contributed by atoms with Crippen molar-refractivity contribution in [3.05, 3.63) is 52.3 Å². The molecule has 0 radical (unpaired) electrons. The smallest absolute Gasteiger partial charge is 0.338 e. The predicted octanol–water partition coefficient (Wildman–Crippen LogP) is 2.93. The molecule has 0 bridgehead atoms. The highest BCUT2D eigenvalue weighted by molar-refractivity contribution is 7.89. The minimum atomic E-state index is -3.71. The van der Waals surface area contributed by atoms with Gasteiger partial charge in [-0.25, -0.2) is 17.9 Å². The molecule has 1 aliphatic heterocycles. The Balaban J connectivity index is 1.71. The monoisotopic (exact) mass is 462 g/mol. The van der Waals surface area contributed by atoms with E-state index in [1.54, 1.807) is 26.0 Å². The molecule has 1 aliphatic rings. The second kappa shape index (κ2) is 9.97. The number of carbonyl (C=O) groups excluding carboxylic acids is 2. The summed E-state index contributed by atoms with van der Waals surface area (Å²) < 4.78 is 39.9. The summed E-state index contributed by atoms with van der Waals surface area (Å²) in [7, 11) is -3.71. The number of Topliss-reactive ketones (excluding diaryl/α,β-unsaturated/α-hetero) is 1. The zero-order valence-corrected chi connectivity index (χ0v) is 19.8. The van der Waals surface area contributed by atoms with Gasteiger partial charge in [-0.1, -0.05) is 13.0 Å². The Morgan fingerprint density at radius 1 is 1.19 bits per heavy atom. The molecular weight excluding hydrogens is 432 g/mol. The number of esters is 1. The van der Waals surface area contributed by atoms with Crippen LogP contribution >= 0.6 is 0 Å². The molecule has 8 nitrogen and oxygen atoms in total. The quantitative estimate of drug-likeness (QED) is 0.454. The van der Waals surface area contributed by atoms with E-state index in [4.69, 9.17) is 9.47 Å². The van der Waals surface area contributed by atoms with E-state index in [9.17, 15) is 18.0 Å². The van der Waals surface area contributed by atoms with Crippen molar-refractivity contribution in [1.29, 1.82) is 0 Å². The van der Waals surface area contributed by atoms with Gasteiger partial charge in [0.25, 0.3) is 0 Å². The van der Waals surface area contributed by atoms with Crippen LogP contribution in [0.5, 0.6) is 0 Å². The van der Waals surface area contributed by atoms with Crippen LogP contribution in [0.4, 0.5) is 0 Å². The van der Waals surface area contributed by atoms with Crippen LogP contribution in [0.1, 0.15) is 57.4 Å². The minimum absolute atomic E-state index is 0.0269. The summed E-state index contributed by atoms with van der Waals surface area (Å²) in [5, 5.41) is 0. The number of ketones is 1. The first-order valence-corrected chi connectivity index (χ1v) is 12.2. The highest BCUT2D eigenvalue weighted by Crippen LogP contribution is 2.21. The summed E-state index contributed by atoms with van der Waals surface area (Å²) in [6.45, 7) is 8.42. The van der Waals surface area contributed by atoms with Gasteiger partial charge in [0.15, 0.2) is 6.61 Å². The van der Waals surface area contributed by atoms with E-state index in [2.05, 4.69) is 9.29 Å². The fourth-order valence-corrected chi connectivity index (χ4v) is 4.97. The summed E-state index contributed by atoms with van der Waals surface area (Å²) in [5.74, 6) is -1.04. The number of nitrogens with one attached hydrogen (secondary N) is 1. The Morgan fingerprint density at radius 3 is 2.59 bits per heavy atom. The number of hydrogen-bond donors (Lipinski definition) is 1. The Bertz CT molecular complexity index is 1110. The van der Waals surface area contributed by atoms with Crippen molar-refractivity contribution in [3.63, 3.8) is 0 Å². The maximum atomic E-state index is 12.8. The van der Waals surface area contributed by atoms with Crippen molar-refractivity contribution >= 4 is 21.8 Å². The Labute approximate surface area is 189 Å². The lowest BCUT2D eigenvalue weighted by molar-refractivity contribution is 0.0473. The van der Waals surface area contributed by atoms with Crippen molar-refractivity contribution < 1.29 is 27.5 Å². The second-order valence-corrected chi connectivity index (χ2v) is 9.77. The number of rotatable bonds is 9. The number of hydrogen-bond acceptors (Lipinski definition) is 6. The molecule has 1 atom stereocenters. The Kier molecular flexibility index (Phi) is 7.53. The number of aryl methyl sites for hydroxylation is 2. The predicted molar refractivity (Wildman–Crippen MR) is 120 cm³/mol. The van der Waals surface area contributed by atoms with E-state index < -0.39 is 22.6 Å². The molecule has 1 unspecified atom stereocenters. The number of carbonyl (C=O) groups is 2. The lowest BCUT2D eigenvalue weighted by atomic mass is 10.1. The molecule has 1 fully saturated rings. The van der Waals surface area contributed by atoms with Crippen LogP contribution in [0, 0.1) is 20.8 Å². The van der Waals surface area contributed by atoms with Gasteiger partial charge in [0, 0.05) is 36.6 Å². The van der Waals surface area contributed by atoms with Gasteiger partial charge in [-0.15, -0.1) is 0 Å². The SMILES string of the molecule is CCNS(=O)(=O)c1ccc(C)c(C(=O)OCC(=O)c2cc(C)n(CC3CCCO3)c2C)c1. The molecule has 0 saturated carbocycles. The van der Waals surface area contributed by atoms with E-state index in [0.717, 1.165) is 30.8 Å². The summed E-state index contributed by atoms with van der Waals surface area (Å²) in [6.07, 6.45) is 2.19. The topological polar surface area (TPSA) is 104 Å². The van der Waals surface area contributed by atoms with E-state index in [1.165, 1.54) is 12.1 Å². The molecule has 2 heterocycles. The average molecular weight is 463 g/mol. The van der Waals surface area contributed by atoms with Crippen LogP contribution in [0.2, 0.25) is 0 Å². The van der Waals surface area contributed by atoms with Gasteiger partial charge >= 0.3 is 5.97 Å². The fourth-order valence-electron chi connectivity index (χ4n) is 3.90. The van der Waals surface area contributed by atoms with Gasteiger partial charge in [-0.3, -0.25) is 4.79 Å². The van der Waals surface area contributed by atoms with Crippen LogP contribution in [0.3, 0.4) is 0 Å². The highest BCUT2D eigenvalue weighted by atomic mass is 32.2. The van der Waals surface area contributed by atoms with Gasteiger partial charge in [0.1, 0.15) is 0 Å². The van der Waals surface area contributed by atoms with Gasteiger partial charge in [-0.2, -0.15) is 0 Å². The third kappa shape index (κ3) is 5.28. The van der Waals surface area contributed by atoms with Gasteiger partial charge in [-0.05, 0) is 57.4 Å². The molecule has 174 valence electrons. The van der Waals surface area contributed by atoms with Gasteiger partial charge in [0.2, 0.25) is 15.8 Å². The lowest BCUT2D eigenvalue weighted by Gasteiger charge is -2.14. The van der Waals surface area contributed by atoms with Crippen LogP contribution in [0.15, 0.2) is 29.2 Å². The van der Waals surface area contributed by atoms with Crippen LogP contribution < -0.4 is 4.72 Å². The van der Waals surface area contributed by atoms with Gasteiger partial charge < -0.3 is 14.0 Å². The Morgan fingerprint density at radius 2 is 1.94 bits per heavy atom. The molecule has 1 aromatic carbocycles. The summed E-state index contributed by atoms with van der Waals surface area (Å²) in [4.78, 5) is 25.4. The van der Waals surface area contributed by atoms with Crippen molar-refractivity contribution in [2.75, 3.05) is 19.8 Å². The second-order valence-electron chi connectivity index (χ2n) is 8.01. The van der Waals surface area contributed by atoms with Crippen LogP contribution in [0.25, 0.3) is 0 Å². The maximum Gasteiger partial charge on any atom is 0.338 e. The lowest BCUT2D eigenvalue weighted by Crippen LogP contribution is -2.23. The summed E-state index contributed by atoms with van der Waals surface area (Å²) in [6, 6.07) is 6.04.